The highest BCUT2D eigenvalue weighted by molar-refractivity contribution is 6.07. The summed E-state index contributed by atoms with van der Waals surface area (Å²) in [5, 5.41) is 12.2. The van der Waals surface area contributed by atoms with Crippen molar-refractivity contribution >= 4 is 21.8 Å². The predicted octanol–water partition coefficient (Wildman–Crippen LogP) is 3.14. The highest BCUT2D eigenvalue weighted by atomic mass is 16.3. The smallest absolute Gasteiger partial charge is 0.0527 e. The van der Waals surface area contributed by atoms with E-state index >= 15 is 0 Å². The zero-order valence-corrected chi connectivity index (χ0v) is 11.6. The second-order valence-corrected chi connectivity index (χ2v) is 5.98. The second kappa shape index (κ2) is 4.06. The Kier molecular flexibility index (Phi) is 2.42. The van der Waals surface area contributed by atoms with Gasteiger partial charge in [0.1, 0.15) is 0 Å². The van der Waals surface area contributed by atoms with Crippen LogP contribution in [0.3, 0.4) is 0 Å². The molecule has 3 aromatic rings. The second-order valence-electron chi connectivity index (χ2n) is 5.98. The van der Waals surface area contributed by atoms with Crippen molar-refractivity contribution in [2.75, 3.05) is 6.61 Å². The molecule has 0 aliphatic heterocycles. The molecule has 1 fully saturated rings. The summed E-state index contributed by atoms with van der Waals surface area (Å²) < 4.78 is 2.22. The minimum absolute atomic E-state index is 0.00287. The lowest BCUT2D eigenvalue weighted by atomic mass is 9.65. The van der Waals surface area contributed by atoms with E-state index in [1.807, 2.05) is 12.4 Å². The standard InChI is InChI=1S/C17H18N2O/c1-19-15-5-8-18-10-14(15)13-4-3-12(9-16(13)19)17(11-20)6-2-7-17/h3-5,8-10,20H,2,6-7,11H2,1H3. The van der Waals surface area contributed by atoms with Gasteiger partial charge in [0.2, 0.25) is 0 Å². The Labute approximate surface area is 117 Å². The summed E-state index contributed by atoms with van der Waals surface area (Å²) in [6, 6.07) is 8.68. The van der Waals surface area contributed by atoms with Crippen LogP contribution in [0.15, 0.2) is 36.7 Å². The Hall–Kier alpha value is -1.87. The number of hydrogen-bond acceptors (Lipinski definition) is 2. The monoisotopic (exact) mass is 266 g/mol. The van der Waals surface area contributed by atoms with Gasteiger partial charge in [0.15, 0.2) is 0 Å². The molecular weight excluding hydrogens is 248 g/mol. The first-order chi connectivity index (χ1) is 9.75. The SMILES string of the molecule is Cn1c2ccncc2c2ccc(C3(CO)CCC3)cc21. The molecule has 1 aliphatic rings. The maximum absolute atomic E-state index is 9.75. The molecule has 0 spiro atoms. The van der Waals surface area contributed by atoms with Gasteiger partial charge in [-0.05, 0) is 30.5 Å². The van der Waals surface area contributed by atoms with E-state index < -0.39 is 0 Å². The van der Waals surface area contributed by atoms with Gasteiger partial charge in [-0.15, -0.1) is 0 Å². The van der Waals surface area contributed by atoms with E-state index in [0.29, 0.717) is 0 Å². The summed E-state index contributed by atoms with van der Waals surface area (Å²) in [6.07, 6.45) is 7.18. The minimum Gasteiger partial charge on any atom is -0.395 e. The van der Waals surface area contributed by atoms with Crippen LogP contribution in [0, 0.1) is 0 Å². The molecule has 1 aromatic carbocycles. The first-order valence-corrected chi connectivity index (χ1v) is 7.19. The fourth-order valence-electron chi connectivity index (χ4n) is 3.53. The largest absolute Gasteiger partial charge is 0.395 e. The predicted molar refractivity (Wildman–Crippen MR) is 80.8 cm³/mol. The maximum Gasteiger partial charge on any atom is 0.0527 e. The number of pyridine rings is 1. The summed E-state index contributed by atoms with van der Waals surface area (Å²) in [7, 11) is 2.10. The van der Waals surface area contributed by atoms with Gasteiger partial charge in [-0.25, -0.2) is 0 Å². The third kappa shape index (κ3) is 1.41. The number of aliphatic hydroxyl groups is 1. The van der Waals surface area contributed by atoms with Gasteiger partial charge in [-0.1, -0.05) is 18.6 Å². The van der Waals surface area contributed by atoms with Crippen LogP contribution in [-0.4, -0.2) is 21.3 Å². The molecule has 4 rings (SSSR count). The zero-order chi connectivity index (χ0) is 13.7. The van der Waals surface area contributed by atoms with Crippen LogP contribution in [0.1, 0.15) is 24.8 Å². The van der Waals surface area contributed by atoms with E-state index in [-0.39, 0.29) is 12.0 Å². The molecule has 1 aliphatic carbocycles. The van der Waals surface area contributed by atoms with Crippen LogP contribution in [0.5, 0.6) is 0 Å². The quantitative estimate of drug-likeness (QED) is 0.774. The van der Waals surface area contributed by atoms with Gasteiger partial charge in [-0.2, -0.15) is 0 Å². The molecule has 20 heavy (non-hydrogen) atoms. The third-order valence-corrected chi connectivity index (χ3v) is 5.03. The average Bonchev–Trinajstić information content (AvgIpc) is 2.73. The van der Waals surface area contributed by atoms with Crippen molar-refractivity contribution in [2.45, 2.75) is 24.7 Å². The molecule has 1 N–H and O–H groups in total. The molecule has 0 bridgehead atoms. The number of aryl methyl sites for hydroxylation is 1. The van der Waals surface area contributed by atoms with Gasteiger partial charge < -0.3 is 9.67 Å². The summed E-state index contributed by atoms with van der Waals surface area (Å²) in [5.74, 6) is 0. The average molecular weight is 266 g/mol. The van der Waals surface area contributed by atoms with Crippen molar-refractivity contribution in [3.05, 3.63) is 42.2 Å². The van der Waals surface area contributed by atoms with Gasteiger partial charge in [0, 0.05) is 41.1 Å². The highest BCUT2D eigenvalue weighted by Gasteiger charge is 2.38. The highest BCUT2D eigenvalue weighted by Crippen LogP contribution is 2.44. The van der Waals surface area contributed by atoms with Gasteiger partial charge in [0.05, 0.1) is 12.1 Å². The van der Waals surface area contributed by atoms with Gasteiger partial charge in [0.25, 0.3) is 0 Å². The number of aromatic nitrogens is 2. The minimum atomic E-state index is 0.00287. The van der Waals surface area contributed by atoms with Gasteiger partial charge >= 0.3 is 0 Å². The molecule has 2 heterocycles. The summed E-state index contributed by atoms with van der Waals surface area (Å²) in [5.41, 5.74) is 3.71. The van der Waals surface area contributed by atoms with Crippen LogP contribution < -0.4 is 0 Å². The van der Waals surface area contributed by atoms with Crippen LogP contribution in [0.2, 0.25) is 0 Å². The van der Waals surface area contributed by atoms with Crippen molar-refractivity contribution in [2.24, 2.45) is 7.05 Å². The lowest BCUT2D eigenvalue weighted by Gasteiger charge is -2.41. The number of rotatable bonds is 2. The van der Waals surface area contributed by atoms with Crippen LogP contribution in [-0.2, 0) is 12.5 Å². The summed E-state index contributed by atoms with van der Waals surface area (Å²) in [4.78, 5) is 4.24. The molecule has 3 heteroatoms. The molecule has 0 unspecified atom stereocenters. The topological polar surface area (TPSA) is 38.0 Å². The van der Waals surface area contributed by atoms with E-state index in [2.05, 4.69) is 40.9 Å². The Balaban J connectivity index is 2.00. The van der Waals surface area contributed by atoms with Crippen LogP contribution in [0.4, 0.5) is 0 Å². The van der Waals surface area contributed by atoms with Crippen molar-refractivity contribution in [1.82, 2.24) is 9.55 Å². The lowest BCUT2D eigenvalue weighted by molar-refractivity contribution is 0.120. The molecule has 0 amide bonds. The molecule has 102 valence electrons. The number of nitrogens with zero attached hydrogens (tertiary/aromatic N) is 2. The van der Waals surface area contributed by atoms with E-state index in [1.54, 1.807) is 0 Å². The Bertz CT molecular complexity index is 794. The summed E-state index contributed by atoms with van der Waals surface area (Å²) >= 11 is 0. The van der Waals surface area contributed by atoms with Gasteiger partial charge in [-0.3, -0.25) is 4.98 Å². The Morgan fingerprint density at radius 2 is 2.05 bits per heavy atom. The maximum atomic E-state index is 9.75. The molecule has 0 saturated heterocycles. The molecule has 1 saturated carbocycles. The van der Waals surface area contributed by atoms with E-state index in [9.17, 15) is 5.11 Å². The van der Waals surface area contributed by atoms with Crippen LogP contribution in [0.25, 0.3) is 21.8 Å². The fraction of sp³-hybridized carbons (Fsp3) is 0.353. The van der Waals surface area contributed by atoms with E-state index in [1.165, 1.54) is 33.8 Å². The van der Waals surface area contributed by atoms with Crippen molar-refractivity contribution in [3.63, 3.8) is 0 Å². The fourth-order valence-corrected chi connectivity index (χ4v) is 3.53. The molecule has 3 nitrogen and oxygen atoms in total. The number of benzene rings is 1. The summed E-state index contributed by atoms with van der Waals surface area (Å²) in [6.45, 7) is 0.254. The number of aliphatic hydroxyl groups excluding tert-OH is 1. The zero-order valence-electron chi connectivity index (χ0n) is 11.6. The van der Waals surface area contributed by atoms with Crippen LogP contribution >= 0.6 is 0 Å². The first kappa shape index (κ1) is 11.9. The van der Waals surface area contributed by atoms with Crippen molar-refractivity contribution < 1.29 is 5.11 Å². The molecule has 2 aromatic heterocycles. The third-order valence-electron chi connectivity index (χ3n) is 5.03. The number of fused-ring (bicyclic) bond motifs is 3. The number of hydrogen-bond donors (Lipinski definition) is 1. The Morgan fingerprint density at radius 1 is 1.20 bits per heavy atom. The lowest BCUT2D eigenvalue weighted by Crippen LogP contribution is -2.37. The van der Waals surface area contributed by atoms with Crippen molar-refractivity contribution in [3.8, 4) is 0 Å². The van der Waals surface area contributed by atoms with E-state index in [0.717, 1.165) is 12.8 Å². The Morgan fingerprint density at radius 3 is 2.75 bits per heavy atom. The van der Waals surface area contributed by atoms with Crippen molar-refractivity contribution in [1.29, 1.82) is 0 Å². The first-order valence-electron chi connectivity index (χ1n) is 7.19. The van der Waals surface area contributed by atoms with E-state index in [4.69, 9.17) is 0 Å². The normalized spacial score (nSPS) is 17.5. The molecular formula is C17H18N2O. The molecule has 0 atom stereocenters. The molecule has 0 radical (unpaired) electrons.